The van der Waals surface area contributed by atoms with Crippen molar-refractivity contribution >= 4 is 23.4 Å². The van der Waals surface area contributed by atoms with Gasteiger partial charge in [0.15, 0.2) is 5.78 Å². The highest BCUT2D eigenvalue weighted by Crippen LogP contribution is 2.38. The Hall–Kier alpha value is -1.74. The van der Waals surface area contributed by atoms with Gasteiger partial charge >= 0.3 is 0 Å². The number of anilines is 1. The highest BCUT2D eigenvalue weighted by molar-refractivity contribution is 8.01. The van der Waals surface area contributed by atoms with Gasteiger partial charge in [0.2, 0.25) is 0 Å². The first-order valence-corrected chi connectivity index (χ1v) is 6.70. The molecule has 0 N–H and O–H groups in total. The Kier molecular flexibility index (Phi) is 2.84. The van der Waals surface area contributed by atoms with Crippen LogP contribution in [0.1, 0.15) is 17.3 Å². The van der Waals surface area contributed by atoms with Gasteiger partial charge in [0, 0.05) is 16.1 Å². The number of nitrogens with zero attached hydrogens (tertiary/aromatic N) is 1. The zero-order chi connectivity index (χ0) is 12.5. The van der Waals surface area contributed by atoms with Crippen LogP contribution in [0, 0.1) is 0 Å². The zero-order valence-corrected chi connectivity index (χ0v) is 10.9. The second-order valence-corrected chi connectivity index (χ2v) is 5.30. The van der Waals surface area contributed by atoms with E-state index in [0.717, 1.165) is 16.1 Å². The third-order valence-electron chi connectivity index (χ3n) is 3.09. The van der Waals surface area contributed by atoms with E-state index in [4.69, 9.17) is 0 Å². The molecule has 3 heteroatoms. The van der Waals surface area contributed by atoms with E-state index in [2.05, 4.69) is 4.31 Å². The first-order chi connectivity index (χ1) is 8.77. The second kappa shape index (κ2) is 4.50. The molecule has 1 aliphatic heterocycles. The maximum absolute atomic E-state index is 12.3. The van der Waals surface area contributed by atoms with Gasteiger partial charge in [-0.2, -0.15) is 0 Å². The average molecular weight is 255 g/mol. The summed E-state index contributed by atoms with van der Waals surface area (Å²) in [6.07, 6.45) is 0. The molecule has 90 valence electrons. The molecule has 0 amide bonds. The average Bonchev–Trinajstić information content (AvgIpc) is 2.44. The third kappa shape index (κ3) is 1.81. The van der Waals surface area contributed by atoms with Gasteiger partial charge in [-0.05, 0) is 37.1 Å². The fourth-order valence-corrected chi connectivity index (χ4v) is 3.22. The van der Waals surface area contributed by atoms with Gasteiger partial charge in [-0.25, -0.2) is 0 Å². The van der Waals surface area contributed by atoms with Crippen LogP contribution in [-0.4, -0.2) is 11.8 Å². The van der Waals surface area contributed by atoms with Crippen LogP contribution in [-0.2, 0) is 0 Å². The van der Waals surface area contributed by atoms with E-state index in [-0.39, 0.29) is 11.8 Å². The minimum absolute atomic E-state index is 0.132. The minimum atomic E-state index is -0.132. The molecule has 1 heterocycles. The lowest BCUT2D eigenvalue weighted by atomic mass is 10.0. The van der Waals surface area contributed by atoms with Crippen LogP contribution >= 0.6 is 11.9 Å². The summed E-state index contributed by atoms with van der Waals surface area (Å²) < 4.78 is 2.07. The molecular weight excluding hydrogens is 242 g/mol. The van der Waals surface area contributed by atoms with Crippen molar-refractivity contribution in [3.63, 3.8) is 0 Å². The number of Topliss-reactive ketones (excluding diaryl/α,β-unsaturated/α-hetero) is 1. The minimum Gasteiger partial charge on any atom is -0.302 e. The van der Waals surface area contributed by atoms with Crippen molar-refractivity contribution in [1.29, 1.82) is 0 Å². The number of benzene rings is 2. The normalized spacial score (nSPS) is 18.6. The van der Waals surface area contributed by atoms with Crippen LogP contribution in [0.2, 0.25) is 0 Å². The van der Waals surface area contributed by atoms with Crippen LogP contribution in [0.5, 0.6) is 0 Å². The van der Waals surface area contributed by atoms with Gasteiger partial charge in [-0.15, -0.1) is 0 Å². The van der Waals surface area contributed by atoms with Crippen LogP contribution in [0.4, 0.5) is 5.69 Å². The van der Waals surface area contributed by atoms with Crippen molar-refractivity contribution < 1.29 is 4.79 Å². The molecule has 1 aliphatic rings. The van der Waals surface area contributed by atoms with Gasteiger partial charge in [0.05, 0.1) is 0 Å². The van der Waals surface area contributed by atoms with Gasteiger partial charge in [0.1, 0.15) is 6.04 Å². The lowest BCUT2D eigenvalue weighted by Gasteiger charge is -2.33. The predicted molar refractivity (Wildman–Crippen MR) is 75.0 cm³/mol. The Labute approximate surface area is 111 Å². The molecule has 0 aliphatic carbocycles. The SMILES string of the molecule is CC1C(=O)c2ccccc2SN1c1ccccc1. The Balaban J connectivity index is 2.04. The van der Waals surface area contributed by atoms with E-state index in [1.165, 1.54) is 0 Å². The second-order valence-electron chi connectivity index (χ2n) is 4.29. The van der Waals surface area contributed by atoms with Crippen molar-refractivity contribution in [3.05, 3.63) is 60.2 Å². The Bertz CT molecular complexity index is 582. The molecule has 0 saturated heterocycles. The molecule has 0 aromatic heterocycles. The van der Waals surface area contributed by atoms with E-state index < -0.39 is 0 Å². The summed E-state index contributed by atoms with van der Waals surface area (Å²) in [4.78, 5) is 13.4. The predicted octanol–water partition coefficient (Wildman–Crippen LogP) is 3.79. The fourth-order valence-electron chi connectivity index (χ4n) is 2.12. The number of rotatable bonds is 1. The maximum Gasteiger partial charge on any atom is 0.187 e. The summed E-state index contributed by atoms with van der Waals surface area (Å²) in [5, 5.41) is 0. The summed E-state index contributed by atoms with van der Waals surface area (Å²) >= 11 is 1.63. The van der Waals surface area contributed by atoms with E-state index >= 15 is 0 Å². The van der Waals surface area contributed by atoms with E-state index in [0.29, 0.717) is 0 Å². The van der Waals surface area contributed by atoms with Crippen molar-refractivity contribution in [2.24, 2.45) is 0 Å². The molecule has 2 nitrogen and oxygen atoms in total. The molecule has 0 saturated carbocycles. The summed E-state index contributed by atoms with van der Waals surface area (Å²) in [5.74, 6) is 0.188. The molecule has 2 aromatic rings. The summed E-state index contributed by atoms with van der Waals surface area (Å²) in [5.41, 5.74) is 1.90. The van der Waals surface area contributed by atoms with Crippen molar-refractivity contribution in [2.45, 2.75) is 17.9 Å². The molecule has 1 unspecified atom stereocenters. The third-order valence-corrected chi connectivity index (χ3v) is 4.37. The Morgan fingerprint density at radius 1 is 1.00 bits per heavy atom. The van der Waals surface area contributed by atoms with Crippen molar-refractivity contribution in [3.8, 4) is 0 Å². The van der Waals surface area contributed by atoms with Crippen LogP contribution in [0.15, 0.2) is 59.5 Å². The van der Waals surface area contributed by atoms with Crippen LogP contribution in [0.3, 0.4) is 0 Å². The number of carbonyl (C=O) groups is 1. The topological polar surface area (TPSA) is 20.3 Å². The number of para-hydroxylation sites is 1. The summed E-state index contributed by atoms with van der Waals surface area (Å²) in [7, 11) is 0. The van der Waals surface area contributed by atoms with Gasteiger partial charge in [-0.1, -0.05) is 36.4 Å². The standard InChI is InChI=1S/C15H13NOS/c1-11-15(17)13-9-5-6-10-14(13)18-16(11)12-7-3-2-4-8-12/h2-11H,1H3. The van der Waals surface area contributed by atoms with Crippen molar-refractivity contribution in [1.82, 2.24) is 0 Å². The largest absolute Gasteiger partial charge is 0.302 e. The van der Waals surface area contributed by atoms with Gasteiger partial charge in [0.25, 0.3) is 0 Å². The van der Waals surface area contributed by atoms with E-state index in [9.17, 15) is 4.79 Å². The first kappa shape index (κ1) is 11.4. The summed E-state index contributed by atoms with van der Waals surface area (Å²) in [6, 6.07) is 17.7. The Morgan fingerprint density at radius 2 is 1.67 bits per heavy atom. The molecule has 0 bridgehead atoms. The fraction of sp³-hybridized carbons (Fsp3) is 0.133. The quantitative estimate of drug-likeness (QED) is 0.723. The Morgan fingerprint density at radius 3 is 2.44 bits per heavy atom. The van der Waals surface area contributed by atoms with E-state index in [1.807, 2.05) is 61.5 Å². The van der Waals surface area contributed by atoms with Crippen molar-refractivity contribution in [2.75, 3.05) is 4.31 Å². The van der Waals surface area contributed by atoms with Gasteiger partial charge < -0.3 is 4.31 Å². The number of fused-ring (bicyclic) bond motifs is 1. The molecule has 18 heavy (non-hydrogen) atoms. The maximum atomic E-state index is 12.3. The molecule has 0 fully saturated rings. The van der Waals surface area contributed by atoms with Gasteiger partial charge in [-0.3, -0.25) is 4.79 Å². The zero-order valence-electron chi connectivity index (χ0n) is 10.0. The first-order valence-electron chi connectivity index (χ1n) is 5.93. The summed E-state index contributed by atoms with van der Waals surface area (Å²) in [6.45, 7) is 1.96. The molecule has 0 radical (unpaired) electrons. The van der Waals surface area contributed by atoms with E-state index in [1.54, 1.807) is 11.9 Å². The highest BCUT2D eigenvalue weighted by Gasteiger charge is 2.31. The molecular formula is C15H13NOS. The lowest BCUT2D eigenvalue weighted by molar-refractivity contribution is 0.0965. The number of hydrogen-bond acceptors (Lipinski definition) is 3. The van der Waals surface area contributed by atoms with Crippen LogP contribution < -0.4 is 4.31 Å². The van der Waals surface area contributed by atoms with Crippen LogP contribution in [0.25, 0.3) is 0 Å². The number of hydrogen-bond donors (Lipinski definition) is 0. The highest BCUT2D eigenvalue weighted by atomic mass is 32.2. The molecule has 1 atom stereocenters. The number of carbonyl (C=O) groups excluding carboxylic acids is 1. The smallest absolute Gasteiger partial charge is 0.187 e. The molecule has 0 spiro atoms. The lowest BCUT2D eigenvalue weighted by Crippen LogP contribution is -2.37. The molecule has 2 aromatic carbocycles. The monoisotopic (exact) mass is 255 g/mol. The number of ketones is 1. The molecule has 3 rings (SSSR count).